The van der Waals surface area contributed by atoms with Crippen LogP contribution in [0.3, 0.4) is 0 Å². The van der Waals surface area contributed by atoms with E-state index in [1.54, 1.807) is 24.3 Å². The van der Waals surface area contributed by atoms with Crippen molar-refractivity contribution >= 4 is 17.8 Å². The van der Waals surface area contributed by atoms with Crippen LogP contribution < -0.4 is 0 Å². The molecule has 0 atom stereocenters. The van der Waals surface area contributed by atoms with E-state index < -0.39 is 23.2 Å². The van der Waals surface area contributed by atoms with Crippen LogP contribution in [0.1, 0.15) is 34.6 Å². The molecule has 94 valence electrons. The Hall–Kier alpha value is -2.17. The van der Waals surface area contributed by atoms with Gasteiger partial charge in [-0.15, -0.1) is 0 Å². The Kier molecular flexibility index (Phi) is 2.69. The second-order valence-corrected chi connectivity index (χ2v) is 4.93. The third kappa shape index (κ3) is 1.77. The van der Waals surface area contributed by atoms with Crippen LogP contribution in [0.15, 0.2) is 24.3 Å². The van der Waals surface area contributed by atoms with Crippen LogP contribution in [0.5, 0.6) is 0 Å². The number of fused-ring (bicyclic) bond motifs is 1. The van der Waals surface area contributed by atoms with Gasteiger partial charge in [-0.25, -0.2) is 0 Å². The highest BCUT2D eigenvalue weighted by atomic mass is 16.4. The molecule has 0 aromatic heterocycles. The zero-order valence-corrected chi connectivity index (χ0v) is 10.1. The number of hydrogen-bond donors (Lipinski definition) is 1. The van der Waals surface area contributed by atoms with Gasteiger partial charge in [-0.3, -0.25) is 19.3 Å². The molecule has 18 heavy (non-hydrogen) atoms. The summed E-state index contributed by atoms with van der Waals surface area (Å²) < 4.78 is 0. The van der Waals surface area contributed by atoms with Crippen LogP contribution in [-0.4, -0.2) is 34.3 Å². The van der Waals surface area contributed by atoms with E-state index in [4.69, 9.17) is 5.11 Å². The number of nitrogens with zero attached hydrogens (tertiary/aromatic N) is 1. The molecule has 1 aromatic carbocycles. The molecule has 1 aliphatic rings. The maximum atomic E-state index is 12.0. The molecule has 2 amide bonds. The molecule has 0 radical (unpaired) electrons. The number of hydrogen-bond acceptors (Lipinski definition) is 3. The van der Waals surface area contributed by atoms with Crippen molar-refractivity contribution in [1.29, 1.82) is 0 Å². The lowest BCUT2D eigenvalue weighted by Gasteiger charge is -2.24. The van der Waals surface area contributed by atoms with Gasteiger partial charge >= 0.3 is 5.97 Å². The molecule has 1 heterocycles. The summed E-state index contributed by atoms with van der Waals surface area (Å²) >= 11 is 0. The molecule has 1 aliphatic heterocycles. The molecule has 1 aromatic rings. The quantitative estimate of drug-likeness (QED) is 0.819. The molecule has 0 saturated heterocycles. The average molecular weight is 247 g/mol. The van der Waals surface area contributed by atoms with Gasteiger partial charge in [-0.1, -0.05) is 12.1 Å². The van der Waals surface area contributed by atoms with Crippen molar-refractivity contribution < 1.29 is 19.5 Å². The van der Waals surface area contributed by atoms with Crippen molar-refractivity contribution in [2.24, 2.45) is 5.41 Å². The maximum absolute atomic E-state index is 12.0. The third-order valence-corrected chi connectivity index (χ3v) is 3.01. The Morgan fingerprint density at radius 2 is 1.61 bits per heavy atom. The number of aliphatic carboxylic acids is 1. The summed E-state index contributed by atoms with van der Waals surface area (Å²) in [5.41, 5.74) is -0.486. The predicted octanol–water partition coefficient (Wildman–Crippen LogP) is 1.39. The summed E-state index contributed by atoms with van der Waals surface area (Å²) in [7, 11) is 0. The van der Waals surface area contributed by atoms with Crippen LogP contribution in [-0.2, 0) is 4.79 Å². The Bertz CT molecular complexity index is 513. The third-order valence-electron chi connectivity index (χ3n) is 3.01. The van der Waals surface area contributed by atoms with E-state index in [0.717, 1.165) is 4.90 Å². The van der Waals surface area contributed by atoms with Crippen LogP contribution in [0.4, 0.5) is 0 Å². The molecule has 5 heteroatoms. The first-order valence-electron chi connectivity index (χ1n) is 5.53. The van der Waals surface area contributed by atoms with Crippen molar-refractivity contribution in [1.82, 2.24) is 4.90 Å². The lowest BCUT2D eigenvalue weighted by Crippen LogP contribution is -2.42. The molecule has 0 aliphatic carbocycles. The summed E-state index contributed by atoms with van der Waals surface area (Å²) in [6.07, 6.45) is 0. The highest BCUT2D eigenvalue weighted by Gasteiger charge is 2.40. The minimum Gasteiger partial charge on any atom is -0.481 e. The zero-order chi connectivity index (χ0) is 13.5. The smallest absolute Gasteiger partial charge is 0.310 e. The average Bonchev–Trinajstić information content (AvgIpc) is 2.55. The summed E-state index contributed by atoms with van der Waals surface area (Å²) in [6, 6.07) is 6.50. The summed E-state index contributed by atoms with van der Waals surface area (Å²) in [5.74, 6) is -1.89. The van der Waals surface area contributed by atoms with Gasteiger partial charge in [0.25, 0.3) is 11.8 Å². The molecule has 5 nitrogen and oxygen atoms in total. The minimum absolute atomic E-state index is 0.130. The van der Waals surface area contributed by atoms with Crippen LogP contribution in [0, 0.1) is 5.41 Å². The lowest BCUT2D eigenvalue weighted by atomic mass is 9.93. The fraction of sp³-hybridized carbons (Fsp3) is 0.308. The number of carbonyl (C=O) groups is 3. The maximum Gasteiger partial charge on any atom is 0.310 e. The molecular weight excluding hydrogens is 234 g/mol. The van der Waals surface area contributed by atoms with Gasteiger partial charge in [0.05, 0.1) is 16.5 Å². The highest BCUT2D eigenvalue weighted by molar-refractivity contribution is 6.21. The summed E-state index contributed by atoms with van der Waals surface area (Å²) in [4.78, 5) is 36.1. The largest absolute Gasteiger partial charge is 0.481 e. The standard InChI is InChI=1S/C13H13NO4/c1-13(2,12(17)18)7-14-10(15)8-5-3-4-6-9(8)11(14)16/h3-6H,7H2,1-2H3,(H,17,18). The second-order valence-electron chi connectivity index (χ2n) is 4.93. The molecule has 0 fully saturated rings. The fourth-order valence-corrected chi connectivity index (χ4v) is 1.85. The normalized spacial score (nSPS) is 14.9. The van der Waals surface area contributed by atoms with E-state index >= 15 is 0 Å². The van der Waals surface area contributed by atoms with Crippen molar-refractivity contribution in [2.75, 3.05) is 6.54 Å². The van der Waals surface area contributed by atoms with Gasteiger partial charge in [-0.2, -0.15) is 0 Å². The van der Waals surface area contributed by atoms with E-state index in [1.165, 1.54) is 13.8 Å². The van der Waals surface area contributed by atoms with Gasteiger partial charge in [0, 0.05) is 6.54 Å². The van der Waals surface area contributed by atoms with Crippen LogP contribution >= 0.6 is 0 Å². The van der Waals surface area contributed by atoms with Crippen molar-refractivity contribution in [3.8, 4) is 0 Å². The molecule has 1 N–H and O–H groups in total. The molecule has 0 spiro atoms. The molecule has 0 unspecified atom stereocenters. The highest BCUT2D eigenvalue weighted by Crippen LogP contribution is 2.26. The Morgan fingerprint density at radius 3 is 2.00 bits per heavy atom. The number of carboxylic acids is 1. The number of amides is 2. The van der Waals surface area contributed by atoms with Gasteiger partial charge in [0.1, 0.15) is 0 Å². The topological polar surface area (TPSA) is 74.7 Å². The van der Waals surface area contributed by atoms with Crippen LogP contribution in [0.2, 0.25) is 0 Å². The second kappa shape index (κ2) is 3.94. The summed E-state index contributed by atoms with van der Waals surface area (Å²) in [5, 5.41) is 9.04. The number of carbonyl (C=O) groups excluding carboxylic acids is 2. The zero-order valence-electron chi connectivity index (χ0n) is 10.1. The molecule has 0 saturated carbocycles. The van der Waals surface area contributed by atoms with Crippen molar-refractivity contribution in [2.45, 2.75) is 13.8 Å². The first kappa shape index (κ1) is 12.3. The number of benzene rings is 1. The van der Waals surface area contributed by atoms with Gasteiger partial charge in [0.2, 0.25) is 0 Å². The van der Waals surface area contributed by atoms with E-state index in [-0.39, 0.29) is 6.54 Å². The van der Waals surface area contributed by atoms with E-state index in [0.29, 0.717) is 11.1 Å². The van der Waals surface area contributed by atoms with Crippen molar-refractivity contribution in [3.05, 3.63) is 35.4 Å². The van der Waals surface area contributed by atoms with Crippen LogP contribution in [0.25, 0.3) is 0 Å². The number of rotatable bonds is 3. The molecular formula is C13H13NO4. The minimum atomic E-state index is -1.16. The first-order valence-corrected chi connectivity index (χ1v) is 5.53. The van der Waals surface area contributed by atoms with E-state index in [1.807, 2.05) is 0 Å². The fourth-order valence-electron chi connectivity index (χ4n) is 1.85. The van der Waals surface area contributed by atoms with E-state index in [2.05, 4.69) is 0 Å². The Labute approximate surface area is 104 Å². The van der Waals surface area contributed by atoms with Gasteiger partial charge in [0.15, 0.2) is 0 Å². The predicted molar refractivity (Wildman–Crippen MR) is 63.2 cm³/mol. The number of imide groups is 1. The Balaban J connectivity index is 2.32. The lowest BCUT2D eigenvalue weighted by molar-refractivity contribution is -0.147. The van der Waals surface area contributed by atoms with Gasteiger partial charge < -0.3 is 5.11 Å². The Morgan fingerprint density at radius 1 is 1.17 bits per heavy atom. The molecule has 2 rings (SSSR count). The SMILES string of the molecule is CC(C)(CN1C(=O)c2ccccc2C1=O)C(=O)O. The molecule has 0 bridgehead atoms. The van der Waals surface area contributed by atoms with Gasteiger partial charge in [-0.05, 0) is 26.0 Å². The summed E-state index contributed by atoms with van der Waals surface area (Å²) in [6.45, 7) is 2.84. The van der Waals surface area contributed by atoms with Crippen molar-refractivity contribution in [3.63, 3.8) is 0 Å². The first-order chi connectivity index (χ1) is 8.34. The van der Waals surface area contributed by atoms with E-state index in [9.17, 15) is 14.4 Å². The number of carboxylic acid groups (broad SMARTS) is 1. The monoisotopic (exact) mass is 247 g/mol.